The summed E-state index contributed by atoms with van der Waals surface area (Å²) in [5.41, 5.74) is 4.02. The average Bonchev–Trinajstić information content (AvgIpc) is 2.47. The molecule has 5 nitrogen and oxygen atoms in total. The predicted octanol–water partition coefficient (Wildman–Crippen LogP) is 2.22. The van der Waals surface area contributed by atoms with Crippen molar-refractivity contribution in [3.05, 3.63) is 53.3 Å². The SMILES string of the molecule is CNS(=O)(=O)c1ccc(C)c(NCc2cnccc2C)c1. The van der Waals surface area contributed by atoms with Crippen LogP contribution in [0.4, 0.5) is 5.69 Å². The molecule has 2 N–H and O–H groups in total. The Morgan fingerprint density at radius 1 is 1.14 bits per heavy atom. The fourth-order valence-corrected chi connectivity index (χ4v) is 2.70. The molecule has 1 aromatic heterocycles. The van der Waals surface area contributed by atoms with Crippen LogP contribution in [0.1, 0.15) is 16.7 Å². The number of rotatable bonds is 5. The van der Waals surface area contributed by atoms with E-state index in [1.54, 1.807) is 24.4 Å². The second-order valence-corrected chi connectivity index (χ2v) is 6.73. The third-order valence-electron chi connectivity index (χ3n) is 3.40. The molecule has 0 radical (unpaired) electrons. The largest absolute Gasteiger partial charge is 0.381 e. The van der Waals surface area contributed by atoms with Crippen molar-refractivity contribution in [3.8, 4) is 0 Å². The van der Waals surface area contributed by atoms with Gasteiger partial charge in [0.1, 0.15) is 0 Å². The highest BCUT2D eigenvalue weighted by Crippen LogP contribution is 2.21. The lowest BCUT2D eigenvalue weighted by Crippen LogP contribution is -2.18. The van der Waals surface area contributed by atoms with Crippen molar-refractivity contribution in [2.75, 3.05) is 12.4 Å². The Bertz CT molecular complexity index is 742. The van der Waals surface area contributed by atoms with Crippen LogP contribution >= 0.6 is 0 Å². The monoisotopic (exact) mass is 305 g/mol. The maximum Gasteiger partial charge on any atom is 0.240 e. The Morgan fingerprint density at radius 2 is 1.90 bits per heavy atom. The summed E-state index contributed by atoms with van der Waals surface area (Å²) in [4.78, 5) is 4.36. The molecule has 0 spiro atoms. The highest BCUT2D eigenvalue weighted by atomic mass is 32.2. The molecule has 2 rings (SSSR count). The number of nitrogens with one attached hydrogen (secondary N) is 2. The van der Waals surface area contributed by atoms with Crippen molar-refractivity contribution in [2.24, 2.45) is 0 Å². The molecule has 0 amide bonds. The molecule has 0 saturated carbocycles. The van der Waals surface area contributed by atoms with E-state index < -0.39 is 10.0 Å². The number of aryl methyl sites for hydroxylation is 2. The van der Waals surface area contributed by atoms with Gasteiger partial charge < -0.3 is 5.32 Å². The van der Waals surface area contributed by atoms with Crippen molar-refractivity contribution < 1.29 is 8.42 Å². The maximum absolute atomic E-state index is 11.8. The van der Waals surface area contributed by atoms with Gasteiger partial charge in [0.2, 0.25) is 10.0 Å². The van der Waals surface area contributed by atoms with Crippen molar-refractivity contribution in [2.45, 2.75) is 25.3 Å². The zero-order valence-corrected chi connectivity index (χ0v) is 13.2. The summed E-state index contributed by atoms with van der Waals surface area (Å²) in [6.45, 7) is 4.56. The van der Waals surface area contributed by atoms with Gasteiger partial charge >= 0.3 is 0 Å². The van der Waals surface area contributed by atoms with Crippen LogP contribution in [-0.2, 0) is 16.6 Å². The van der Waals surface area contributed by atoms with E-state index in [-0.39, 0.29) is 4.90 Å². The Morgan fingerprint density at radius 3 is 2.57 bits per heavy atom. The molecule has 0 aliphatic rings. The van der Waals surface area contributed by atoms with Crippen LogP contribution in [0, 0.1) is 13.8 Å². The lowest BCUT2D eigenvalue weighted by Gasteiger charge is -2.12. The number of hydrogen-bond donors (Lipinski definition) is 2. The summed E-state index contributed by atoms with van der Waals surface area (Å²) in [6.07, 6.45) is 3.57. The quantitative estimate of drug-likeness (QED) is 0.888. The first-order valence-electron chi connectivity index (χ1n) is 6.61. The summed E-state index contributed by atoms with van der Waals surface area (Å²) >= 11 is 0. The number of hydrogen-bond acceptors (Lipinski definition) is 4. The van der Waals surface area contributed by atoms with Gasteiger partial charge in [-0.25, -0.2) is 13.1 Å². The maximum atomic E-state index is 11.8. The highest BCUT2D eigenvalue weighted by Gasteiger charge is 2.12. The summed E-state index contributed by atoms with van der Waals surface area (Å²) in [6, 6.07) is 6.99. The number of aromatic nitrogens is 1. The van der Waals surface area contributed by atoms with E-state index in [0.717, 1.165) is 22.4 Å². The first kappa shape index (κ1) is 15.5. The molecule has 0 aliphatic carbocycles. The van der Waals surface area contributed by atoms with Crippen LogP contribution in [-0.4, -0.2) is 20.4 Å². The minimum atomic E-state index is -3.43. The van der Waals surface area contributed by atoms with E-state index in [1.165, 1.54) is 7.05 Å². The minimum absolute atomic E-state index is 0.251. The van der Waals surface area contributed by atoms with E-state index in [0.29, 0.717) is 6.54 Å². The molecule has 21 heavy (non-hydrogen) atoms. The zero-order valence-electron chi connectivity index (χ0n) is 12.3. The third kappa shape index (κ3) is 3.59. The van der Waals surface area contributed by atoms with Crippen LogP contribution in [0.15, 0.2) is 41.6 Å². The Kier molecular flexibility index (Phi) is 4.59. The van der Waals surface area contributed by atoms with E-state index in [1.807, 2.05) is 26.1 Å². The van der Waals surface area contributed by atoms with Gasteiger partial charge in [0, 0.05) is 24.6 Å². The highest BCUT2D eigenvalue weighted by molar-refractivity contribution is 7.89. The lowest BCUT2D eigenvalue weighted by atomic mass is 10.1. The van der Waals surface area contributed by atoms with Gasteiger partial charge in [-0.1, -0.05) is 6.07 Å². The lowest BCUT2D eigenvalue weighted by molar-refractivity contribution is 0.588. The summed E-state index contributed by atoms with van der Waals surface area (Å²) in [5, 5.41) is 3.27. The fraction of sp³-hybridized carbons (Fsp3) is 0.267. The van der Waals surface area contributed by atoms with Gasteiger partial charge in [-0.05, 0) is 55.8 Å². The Labute approximate surface area is 125 Å². The van der Waals surface area contributed by atoms with Gasteiger partial charge in [-0.2, -0.15) is 0 Å². The van der Waals surface area contributed by atoms with Crippen LogP contribution in [0.25, 0.3) is 0 Å². The fourth-order valence-electron chi connectivity index (χ4n) is 1.95. The van der Waals surface area contributed by atoms with Gasteiger partial charge in [0.15, 0.2) is 0 Å². The zero-order chi connectivity index (χ0) is 15.5. The summed E-state index contributed by atoms with van der Waals surface area (Å²) in [7, 11) is -2.03. The number of anilines is 1. The normalized spacial score (nSPS) is 11.4. The van der Waals surface area contributed by atoms with Gasteiger partial charge in [-0.3, -0.25) is 4.98 Å². The molecule has 112 valence electrons. The molecule has 6 heteroatoms. The second-order valence-electron chi connectivity index (χ2n) is 4.84. The van der Waals surface area contributed by atoms with Crippen LogP contribution in [0.3, 0.4) is 0 Å². The first-order valence-corrected chi connectivity index (χ1v) is 8.10. The standard InChI is InChI=1S/C15H19N3O2S/c1-11-6-7-17-9-13(11)10-18-15-8-14(5-4-12(15)2)21(19,20)16-3/h4-9,16,18H,10H2,1-3H3. The van der Waals surface area contributed by atoms with E-state index in [2.05, 4.69) is 15.0 Å². The van der Waals surface area contributed by atoms with E-state index >= 15 is 0 Å². The summed E-state index contributed by atoms with van der Waals surface area (Å²) < 4.78 is 26.0. The molecule has 0 fully saturated rings. The second kappa shape index (κ2) is 6.24. The third-order valence-corrected chi connectivity index (χ3v) is 4.82. The van der Waals surface area contributed by atoms with Crippen molar-refractivity contribution in [1.82, 2.24) is 9.71 Å². The molecular formula is C15H19N3O2S. The number of nitrogens with zero attached hydrogens (tertiary/aromatic N) is 1. The molecule has 0 atom stereocenters. The molecule has 2 aromatic rings. The molecule has 1 heterocycles. The summed E-state index contributed by atoms with van der Waals surface area (Å²) in [5.74, 6) is 0. The molecule has 0 unspecified atom stereocenters. The van der Waals surface area contributed by atoms with E-state index in [4.69, 9.17) is 0 Å². The van der Waals surface area contributed by atoms with Gasteiger partial charge in [0.05, 0.1) is 4.90 Å². The van der Waals surface area contributed by atoms with Gasteiger partial charge in [-0.15, -0.1) is 0 Å². The number of pyridine rings is 1. The van der Waals surface area contributed by atoms with Crippen LogP contribution < -0.4 is 10.0 Å². The Balaban J connectivity index is 2.24. The Hall–Kier alpha value is -1.92. The molecule has 1 aromatic carbocycles. The predicted molar refractivity (Wildman–Crippen MR) is 83.7 cm³/mol. The molecule has 0 saturated heterocycles. The molecule has 0 aliphatic heterocycles. The minimum Gasteiger partial charge on any atom is -0.381 e. The smallest absolute Gasteiger partial charge is 0.240 e. The molecule has 0 bridgehead atoms. The van der Waals surface area contributed by atoms with Crippen molar-refractivity contribution >= 4 is 15.7 Å². The van der Waals surface area contributed by atoms with Crippen LogP contribution in [0.5, 0.6) is 0 Å². The topological polar surface area (TPSA) is 71.1 Å². The van der Waals surface area contributed by atoms with Gasteiger partial charge in [0.25, 0.3) is 0 Å². The van der Waals surface area contributed by atoms with Crippen molar-refractivity contribution in [3.63, 3.8) is 0 Å². The first-order chi connectivity index (χ1) is 9.94. The molecular weight excluding hydrogens is 286 g/mol. The number of benzene rings is 1. The van der Waals surface area contributed by atoms with Crippen LogP contribution in [0.2, 0.25) is 0 Å². The van der Waals surface area contributed by atoms with E-state index in [9.17, 15) is 8.42 Å². The van der Waals surface area contributed by atoms with Crippen molar-refractivity contribution in [1.29, 1.82) is 0 Å². The average molecular weight is 305 g/mol. The number of sulfonamides is 1.